The van der Waals surface area contributed by atoms with Crippen molar-refractivity contribution in [2.45, 2.75) is 76.1 Å². The summed E-state index contributed by atoms with van der Waals surface area (Å²) in [5.74, 6) is 0.571. The van der Waals surface area contributed by atoms with Crippen molar-refractivity contribution in [2.24, 2.45) is 0 Å². The van der Waals surface area contributed by atoms with Gasteiger partial charge in [0.05, 0.1) is 23.1 Å². The predicted octanol–water partition coefficient (Wildman–Crippen LogP) is 5.52. The molecule has 10 nitrogen and oxygen atoms in total. The molecule has 4 aromatic rings. The van der Waals surface area contributed by atoms with Gasteiger partial charge in [0.1, 0.15) is 12.4 Å². The van der Waals surface area contributed by atoms with Gasteiger partial charge in [-0.05, 0) is 88.2 Å². The molecule has 0 bridgehead atoms. The lowest BCUT2D eigenvalue weighted by atomic mass is 10.0. The summed E-state index contributed by atoms with van der Waals surface area (Å²) in [6.45, 7) is 9.76. The van der Waals surface area contributed by atoms with E-state index in [0.717, 1.165) is 60.8 Å². The maximum Gasteiger partial charge on any atom is 0.248 e. The first-order chi connectivity index (χ1) is 23.4. The molecule has 1 aromatic heterocycles. The average molecular weight is 693 g/mol. The van der Waals surface area contributed by atoms with E-state index in [9.17, 15) is 18.3 Å². The number of hydrogen-bond donors (Lipinski definition) is 4. The number of rotatable bonds is 20. The minimum atomic E-state index is -3.57. The van der Waals surface area contributed by atoms with Gasteiger partial charge < -0.3 is 24.9 Å². The number of nitrogens with one attached hydrogen (secondary N) is 3. The predicted molar refractivity (Wildman–Crippen MR) is 195 cm³/mol. The fraction of sp³-hybridized carbons (Fsp3) is 0.447. The van der Waals surface area contributed by atoms with Crippen molar-refractivity contribution < 1.29 is 23.0 Å². The third kappa shape index (κ3) is 12.7. The first kappa shape index (κ1) is 38.2. The van der Waals surface area contributed by atoms with Gasteiger partial charge in [-0.25, -0.2) is 13.1 Å². The number of aromatic nitrogens is 1. The van der Waals surface area contributed by atoms with Gasteiger partial charge in [-0.1, -0.05) is 61.4 Å². The highest BCUT2D eigenvalue weighted by molar-refractivity contribution is 7.89. The summed E-state index contributed by atoms with van der Waals surface area (Å²) < 4.78 is 39.9. The zero-order chi connectivity index (χ0) is 35.3. The van der Waals surface area contributed by atoms with Crippen LogP contribution in [-0.4, -0.2) is 68.8 Å². The molecular formula is C38H52N4O6S. The van der Waals surface area contributed by atoms with Crippen molar-refractivity contribution in [2.75, 3.05) is 39.9 Å². The van der Waals surface area contributed by atoms with E-state index in [4.69, 9.17) is 9.47 Å². The molecule has 4 N–H and O–H groups in total. The lowest BCUT2D eigenvalue weighted by Crippen LogP contribution is -2.40. The van der Waals surface area contributed by atoms with Crippen molar-refractivity contribution in [3.8, 4) is 5.75 Å². The van der Waals surface area contributed by atoms with Crippen LogP contribution in [0.2, 0.25) is 0 Å². The van der Waals surface area contributed by atoms with Crippen LogP contribution in [0.15, 0.2) is 88.6 Å². The molecular weight excluding hydrogens is 641 g/mol. The first-order valence-corrected chi connectivity index (χ1v) is 18.5. The van der Waals surface area contributed by atoms with E-state index in [0.29, 0.717) is 44.2 Å². The second kappa shape index (κ2) is 18.4. The highest BCUT2D eigenvalue weighted by atomic mass is 32.2. The van der Waals surface area contributed by atoms with Gasteiger partial charge in [0, 0.05) is 43.2 Å². The number of likely N-dealkylation sites (N-methyl/N-ethyl adjacent to an activating group) is 1. The fourth-order valence-electron chi connectivity index (χ4n) is 5.54. The Hall–Kier alpha value is -3.58. The van der Waals surface area contributed by atoms with E-state index in [1.54, 1.807) is 30.3 Å². The Kier molecular flexibility index (Phi) is 14.4. The van der Waals surface area contributed by atoms with Crippen LogP contribution >= 0.6 is 0 Å². The number of aliphatic hydroxyl groups excluding tert-OH is 1. The molecule has 0 saturated carbocycles. The fourth-order valence-corrected chi connectivity index (χ4v) is 7.03. The van der Waals surface area contributed by atoms with Crippen LogP contribution in [0, 0.1) is 0 Å². The van der Waals surface area contributed by atoms with Gasteiger partial charge >= 0.3 is 0 Å². The standard InChI is InChI=1S/C38H52N4O6S/c1-38(2,3)41-49(45,46)31-16-12-15-30(25-31)27-42(4)22-24-47-23-11-6-5-10-21-39-26-34(43)32-17-19-35(37-33(32)18-20-36(44)40-37)48-28-29-13-8-7-9-14-29/h7-9,12-20,25,34,39,41,43H,5-6,10-11,21-24,26-28H2,1-4H3,(H,40,44)/t34-/m0/s1. The Labute approximate surface area is 290 Å². The smallest absolute Gasteiger partial charge is 0.248 e. The number of ether oxygens (including phenoxy) is 2. The van der Waals surface area contributed by atoms with E-state index in [1.165, 1.54) is 6.07 Å². The molecule has 0 amide bonds. The molecule has 3 aromatic carbocycles. The highest BCUT2D eigenvalue weighted by Gasteiger charge is 2.22. The van der Waals surface area contributed by atoms with Crippen molar-refractivity contribution in [3.05, 3.63) is 106 Å². The molecule has 0 radical (unpaired) electrons. The quantitative estimate of drug-likeness (QED) is 0.0892. The van der Waals surface area contributed by atoms with Crippen molar-refractivity contribution in [3.63, 3.8) is 0 Å². The Bertz CT molecular complexity index is 1770. The molecule has 266 valence electrons. The van der Waals surface area contributed by atoms with Crippen LogP contribution < -0.4 is 20.3 Å². The number of sulfonamides is 1. The molecule has 0 aliphatic carbocycles. The normalized spacial score (nSPS) is 12.9. The van der Waals surface area contributed by atoms with Gasteiger partial charge in [0.15, 0.2) is 0 Å². The largest absolute Gasteiger partial charge is 0.487 e. The number of unbranched alkanes of at least 4 members (excludes halogenated alkanes) is 3. The lowest BCUT2D eigenvalue weighted by molar-refractivity contribution is 0.106. The van der Waals surface area contributed by atoms with E-state index in [-0.39, 0.29) is 10.5 Å². The second-order valence-electron chi connectivity index (χ2n) is 13.5. The zero-order valence-electron chi connectivity index (χ0n) is 29.2. The molecule has 0 fully saturated rings. The molecule has 0 spiro atoms. The summed E-state index contributed by atoms with van der Waals surface area (Å²) in [6, 6.07) is 23.8. The lowest BCUT2D eigenvalue weighted by Gasteiger charge is -2.21. The van der Waals surface area contributed by atoms with Crippen LogP contribution in [0.4, 0.5) is 0 Å². The third-order valence-electron chi connectivity index (χ3n) is 7.94. The van der Waals surface area contributed by atoms with E-state index in [2.05, 4.69) is 19.9 Å². The summed E-state index contributed by atoms with van der Waals surface area (Å²) in [5.41, 5.74) is 2.53. The average Bonchev–Trinajstić information content (AvgIpc) is 3.05. The number of hydrogen-bond acceptors (Lipinski definition) is 8. The number of H-pyrrole nitrogens is 1. The van der Waals surface area contributed by atoms with Crippen LogP contribution in [0.5, 0.6) is 5.75 Å². The van der Waals surface area contributed by atoms with Gasteiger partial charge in [0.25, 0.3) is 0 Å². The summed E-state index contributed by atoms with van der Waals surface area (Å²) in [4.78, 5) is 17.4. The number of benzene rings is 3. The number of pyridine rings is 1. The van der Waals surface area contributed by atoms with Crippen LogP contribution in [0.25, 0.3) is 10.9 Å². The summed E-state index contributed by atoms with van der Waals surface area (Å²) in [5, 5.41) is 15.1. The topological polar surface area (TPSA) is 133 Å². The van der Waals surface area contributed by atoms with Crippen molar-refractivity contribution >= 4 is 20.9 Å². The number of aliphatic hydroxyl groups is 1. The monoisotopic (exact) mass is 692 g/mol. The van der Waals surface area contributed by atoms with Gasteiger partial charge in [-0.3, -0.25) is 9.69 Å². The Balaban J connectivity index is 1.09. The molecule has 11 heteroatoms. The molecule has 0 saturated heterocycles. The molecule has 0 aliphatic rings. The van der Waals surface area contributed by atoms with Crippen LogP contribution in [-0.2, 0) is 27.9 Å². The molecule has 4 rings (SSSR count). The van der Waals surface area contributed by atoms with Gasteiger partial charge in [-0.15, -0.1) is 0 Å². The highest BCUT2D eigenvalue weighted by Crippen LogP contribution is 2.30. The molecule has 1 atom stereocenters. The molecule has 0 aliphatic heterocycles. The summed E-state index contributed by atoms with van der Waals surface area (Å²) in [7, 11) is -1.57. The van der Waals surface area contributed by atoms with Gasteiger partial charge in [0.2, 0.25) is 15.6 Å². The van der Waals surface area contributed by atoms with Gasteiger partial charge in [-0.2, -0.15) is 0 Å². The van der Waals surface area contributed by atoms with Crippen LogP contribution in [0.1, 0.15) is 69.2 Å². The van der Waals surface area contributed by atoms with Crippen molar-refractivity contribution in [1.29, 1.82) is 0 Å². The molecule has 1 heterocycles. The Morgan fingerprint density at radius 1 is 0.898 bits per heavy atom. The van der Waals surface area contributed by atoms with E-state index in [1.807, 2.05) is 70.3 Å². The Morgan fingerprint density at radius 3 is 2.43 bits per heavy atom. The van der Waals surface area contributed by atoms with Crippen LogP contribution in [0.3, 0.4) is 0 Å². The number of nitrogens with zero attached hydrogens (tertiary/aromatic N) is 1. The third-order valence-corrected chi connectivity index (χ3v) is 9.69. The summed E-state index contributed by atoms with van der Waals surface area (Å²) >= 11 is 0. The van der Waals surface area contributed by atoms with Crippen molar-refractivity contribution in [1.82, 2.24) is 19.9 Å². The number of aromatic amines is 1. The second-order valence-corrected chi connectivity index (χ2v) is 15.2. The van der Waals surface area contributed by atoms with E-state index < -0.39 is 21.7 Å². The Morgan fingerprint density at radius 2 is 1.65 bits per heavy atom. The maximum atomic E-state index is 12.7. The zero-order valence-corrected chi connectivity index (χ0v) is 30.0. The maximum absolute atomic E-state index is 12.7. The first-order valence-electron chi connectivity index (χ1n) is 17.0. The minimum Gasteiger partial charge on any atom is -0.487 e. The van der Waals surface area contributed by atoms with E-state index >= 15 is 0 Å². The summed E-state index contributed by atoms with van der Waals surface area (Å²) in [6.07, 6.45) is 3.37. The molecule has 49 heavy (non-hydrogen) atoms. The minimum absolute atomic E-state index is 0.220. The SMILES string of the molecule is CN(CCOCCCCCCNC[C@H](O)c1ccc(OCc2ccccc2)c2[nH]c(=O)ccc12)Cc1cccc(S(=O)(=O)NC(C)(C)C)c1. The molecule has 0 unspecified atom stereocenters. The number of fused-ring (bicyclic) bond motifs is 1.